The van der Waals surface area contributed by atoms with E-state index in [-0.39, 0.29) is 21.4 Å². The van der Waals surface area contributed by atoms with Crippen LogP contribution in [0.1, 0.15) is 55.3 Å². The number of nitrogens with zero attached hydrogens (tertiary/aromatic N) is 1. The normalized spacial score (nSPS) is 11.8. The highest BCUT2D eigenvalue weighted by Gasteiger charge is 2.22. The summed E-state index contributed by atoms with van der Waals surface area (Å²) in [7, 11) is -3.68. The number of rotatable bonds is 7. The SMILES string of the molecule is CCN(CC)C(=O)c1ccc(NC(=O)c2ccc(S(=O)(=O)NC(C)(C)C)cc2)cc1Cl. The Morgan fingerprint density at radius 3 is 2.06 bits per heavy atom. The fourth-order valence-corrected chi connectivity index (χ4v) is 4.58. The lowest BCUT2D eigenvalue weighted by Gasteiger charge is -2.20. The lowest BCUT2D eigenvalue weighted by molar-refractivity contribution is 0.0773. The second-order valence-electron chi connectivity index (χ2n) is 8.01. The molecule has 0 fully saturated rings. The summed E-state index contributed by atoms with van der Waals surface area (Å²) in [6, 6.07) is 10.3. The molecule has 0 spiro atoms. The zero-order valence-electron chi connectivity index (χ0n) is 18.3. The first-order chi connectivity index (χ1) is 14.4. The van der Waals surface area contributed by atoms with Gasteiger partial charge in [0.1, 0.15) is 0 Å². The van der Waals surface area contributed by atoms with E-state index in [1.807, 2.05) is 13.8 Å². The summed E-state index contributed by atoms with van der Waals surface area (Å²) >= 11 is 6.26. The Hall–Kier alpha value is -2.42. The predicted molar refractivity (Wildman–Crippen MR) is 123 cm³/mol. The zero-order valence-corrected chi connectivity index (χ0v) is 19.9. The van der Waals surface area contributed by atoms with Gasteiger partial charge in [0.25, 0.3) is 11.8 Å². The Kier molecular flexibility index (Phi) is 7.86. The van der Waals surface area contributed by atoms with Gasteiger partial charge in [-0.05, 0) is 77.1 Å². The molecular formula is C22H28ClN3O4S. The molecule has 0 saturated carbocycles. The Labute approximate surface area is 188 Å². The van der Waals surface area contributed by atoms with Gasteiger partial charge in [-0.15, -0.1) is 0 Å². The van der Waals surface area contributed by atoms with Gasteiger partial charge in [0.15, 0.2) is 0 Å². The van der Waals surface area contributed by atoms with E-state index in [4.69, 9.17) is 11.6 Å². The van der Waals surface area contributed by atoms with Crippen LogP contribution in [0, 0.1) is 0 Å². The quantitative estimate of drug-likeness (QED) is 0.642. The fraction of sp³-hybridized carbons (Fsp3) is 0.364. The maximum Gasteiger partial charge on any atom is 0.255 e. The highest BCUT2D eigenvalue weighted by molar-refractivity contribution is 7.89. The van der Waals surface area contributed by atoms with Crippen LogP contribution in [0.15, 0.2) is 47.4 Å². The average molecular weight is 466 g/mol. The van der Waals surface area contributed by atoms with Gasteiger partial charge in [-0.2, -0.15) is 0 Å². The molecule has 9 heteroatoms. The van der Waals surface area contributed by atoms with Crippen LogP contribution in [-0.2, 0) is 10.0 Å². The lowest BCUT2D eigenvalue weighted by Crippen LogP contribution is -2.40. The lowest BCUT2D eigenvalue weighted by atomic mass is 10.1. The highest BCUT2D eigenvalue weighted by atomic mass is 35.5. The number of halogens is 1. The molecule has 7 nitrogen and oxygen atoms in total. The average Bonchev–Trinajstić information content (AvgIpc) is 2.67. The molecule has 168 valence electrons. The molecule has 0 atom stereocenters. The van der Waals surface area contributed by atoms with Crippen molar-refractivity contribution in [3.8, 4) is 0 Å². The second-order valence-corrected chi connectivity index (χ2v) is 10.1. The fourth-order valence-electron chi connectivity index (χ4n) is 2.90. The van der Waals surface area contributed by atoms with E-state index >= 15 is 0 Å². The number of carbonyl (C=O) groups excluding carboxylic acids is 2. The van der Waals surface area contributed by atoms with E-state index in [2.05, 4.69) is 10.0 Å². The number of amides is 2. The largest absolute Gasteiger partial charge is 0.339 e. The summed E-state index contributed by atoms with van der Waals surface area (Å²) in [4.78, 5) is 26.7. The summed E-state index contributed by atoms with van der Waals surface area (Å²) in [5.41, 5.74) is 0.461. The van der Waals surface area contributed by atoms with Crippen molar-refractivity contribution in [1.29, 1.82) is 0 Å². The summed E-state index contributed by atoms with van der Waals surface area (Å²) in [6.07, 6.45) is 0. The molecule has 2 aromatic rings. The number of carbonyl (C=O) groups is 2. The molecule has 0 unspecified atom stereocenters. The third-order valence-corrected chi connectivity index (χ3v) is 6.46. The van der Waals surface area contributed by atoms with Gasteiger partial charge in [-0.3, -0.25) is 9.59 Å². The number of hydrogen-bond acceptors (Lipinski definition) is 4. The van der Waals surface area contributed by atoms with Gasteiger partial charge in [-0.25, -0.2) is 13.1 Å². The minimum absolute atomic E-state index is 0.0706. The molecule has 0 bridgehead atoms. The van der Waals surface area contributed by atoms with Gasteiger partial charge in [0, 0.05) is 29.9 Å². The highest BCUT2D eigenvalue weighted by Crippen LogP contribution is 2.23. The molecule has 0 radical (unpaired) electrons. The Morgan fingerprint density at radius 2 is 1.58 bits per heavy atom. The Morgan fingerprint density at radius 1 is 1.00 bits per heavy atom. The third kappa shape index (κ3) is 6.53. The summed E-state index contributed by atoms with van der Waals surface area (Å²) in [5.74, 6) is -0.597. The van der Waals surface area contributed by atoms with Crippen molar-refractivity contribution in [3.63, 3.8) is 0 Å². The molecule has 0 heterocycles. The first-order valence-electron chi connectivity index (χ1n) is 9.92. The van der Waals surface area contributed by atoms with Crippen molar-refractivity contribution < 1.29 is 18.0 Å². The van der Waals surface area contributed by atoms with Crippen molar-refractivity contribution in [2.24, 2.45) is 0 Å². The van der Waals surface area contributed by atoms with Crippen molar-refractivity contribution in [3.05, 3.63) is 58.6 Å². The van der Waals surface area contributed by atoms with Crippen LogP contribution < -0.4 is 10.0 Å². The van der Waals surface area contributed by atoms with Gasteiger partial charge in [0.2, 0.25) is 10.0 Å². The van der Waals surface area contributed by atoms with Gasteiger partial charge < -0.3 is 10.2 Å². The molecule has 0 saturated heterocycles. The van der Waals surface area contributed by atoms with Crippen LogP contribution in [0.25, 0.3) is 0 Å². The molecule has 0 aliphatic rings. The number of sulfonamides is 1. The first-order valence-corrected chi connectivity index (χ1v) is 11.8. The van der Waals surface area contributed by atoms with E-state index in [0.29, 0.717) is 24.3 Å². The van der Waals surface area contributed by atoms with Crippen molar-refractivity contribution in [2.75, 3.05) is 18.4 Å². The maximum atomic E-state index is 12.5. The smallest absolute Gasteiger partial charge is 0.255 e. The second kappa shape index (κ2) is 9.80. The number of nitrogens with one attached hydrogen (secondary N) is 2. The Balaban J connectivity index is 2.15. The first kappa shape index (κ1) is 24.8. The van der Waals surface area contributed by atoms with Crippen LogP contribution in [0.3, 0.4) is 0 Å². The van der Waals surface area contributed by atoms with Crippen molar-refractivity contribution in [2.45, 2.75) is 45.1 Å². The maximum absolute atomic E-state index is 12.5. The Bertz CT molecular complexity index is 1060. The van der Waals surface area contributed by atoms with E-state index in [1.165, 1.54) is 30.3 Å². The van der Waals surface area contributed by atoms with Crippen LogP contribution in [0.4, 0.5) is 5.69 Å². The minimum atomic E-state index is -3.68. The molecule has 2 amide bonds. The van der Waals surface area contributed by atoms with Crippen molar-refractivity contribution in [1.82, 2.24) is 9.62 Å². The van der Waals surface area contributed by atoms with Crippen LogP contribution in [0.2, 0.25) is 5.02 Å². The topological polar surface area (TPSA) is 95.6 Å². The summed E-state index contributed by atoms with van der Waals surface area (Å²) in [6.45, 7) is 10.2. The monoisotopic (exact) mass is 465 g/mol. The zero-order chi connectivity index (χ0) is 23.4. The van der Waals surface area contributed by atoms with E-state index in [0.717, 1.165) is 0 Å². The minimum Gasteiger partial charge on any atom is -0.339 e. The molecule has 2 N–H and O–H groups in total. The van der Waals surface area contributed by atoms with E-state index < -0.39 is 21.5 Å². The van der Waals surface area contributed by atoms with Gasteiger partial charge in [-0.1, -0.05) is 11.6 Å². The standard InChI is InChI=1S/C22H28ClN3O4S/c1-6-26(7-2)21(28)18-13-10-16(14-19(18)23)24-20(27)15-8-11-17(12-9-15)31(29,30)25-22(3,4)5/h8-14,25H,6-7H2,1-5H3,(H,24,27). The number of hydrogen-bond donors (Lipinski definition) is 2. The molecular weight excluding hydrogens is 438 g/mol. The van der Waals surface area contributed by atoms with Crippen molar-refractivity contribution >= 4 is 39.1 Å². The van der Waals surface area contributed by atoms with Gasteiger partial charge in [0.05, 0.1) is 15.5 Å². The number of benzene rings is 2. The van der Waals surface area contributed by atoms with E-state index in [1.54, 1.807) is 37.8 Å². The summed E-state index contributed by atoms with van der Waals surface area (Å²) < 4.78 is 27.3. The molecule has 0 aliphatic heterocycles. The molecule has 2 rings (SSSR count). The van der Waals surface area contributed by atoms with Gasteiger partial charge >= 0.3 is 0 Å². The van der Waals surface area contributed by atoms with Crippen LogP contribution >= 0.6 is 11.6 Å². The molecule has 0 aliphatic carbocycles. The van der Waals surface area contributed by atoms with Crippen LogP contribution in [0.5, 0.6) is 0 Å². The van der Waals surface area contributed by atoms with Crippen LogP contribution in [-0.4, -0.2) is 43.8 Å². The number of anilines is 1. The summed E-state index contributed by atoms with van der Waals surface area (Å²) in [5, 5.41) is 2.95. The van der Waals surface area contributed by atoms with E-state index in [9.17, 15) is 18.0 Å². The third-order valence-electron chi connectivity index (χ3n) is 4.38. The molecule has 0 aromatic heterocycles. The molecule has 31 heavy (non-hydrogen) atoms. The predicted octanol–water partition coefficient (Wildman–Crippen LogP) is 4.15. The molecule has 2 aromatic carbocycles.